The maximum absolute atomic E-state index is 11.8. The molecule has 1 fully saturated rings. The van der Waals surface area contributed by atoms with Gasteiger partial charge in [0.1, 0.15) is 0 Å². The second kappa shape index (κ2) is 14.2. The molecule has 2 amide bonds. The number of rotatable bonds is 8. The molecule has 168 valence electrons. The molecule has 1 aliphatic heterocycles. The number of anilines is 1. The van der Waals surface area contributed by atoms with E-state index in [1.54, 1.807) is 7.05 Å². The van der Waals surface area contributed by atoms with Crippen LogP contribution in [0.2, 0.25) is 0 Å². The van der Waals surface area contributed by atoms with E-state index in [4.69, 9.17) is 4.99 Å². The van der Waals surface area contributed by atoms with Gasteiger partial charge in [0.25, 0.3) is 0 Å². The third-order valence-electron chi connectivity index (χ3n) is 5.10. The van der Waals surface area contributed by atoms with Gasteiger partial charge in [0.2, 0.25) is 11.8 Å². The van der Waals surface area contributed by atoms with Gasteiger partial charge in [-0.3, -0.25) is 9.59 Å². The number of halogens is 1. The lowest BCUT2D eigenvalue weighted by atomic mass is 9.93. The summed E-state index contributed by atoms with van der Waals surface area (Å²) in [6.07, 6.45) is 3.96. The Morgan fingerprint density at radius 2 is 1.90 bits per heavy atom. The predicted octanol–water partition coefficient (Wildman–Crippen LogP) is 3.36. The van der Waals surface area contributed by atoms with E-state index in [0.717, 1.165) is 56.1 Å². The number of hydrogen-bond acceptors (Lipinski definition) is 3. The van der Waals surface area contributed by atoms with Crippen LogP contribution in [0.3, 0.4) is 0 Å². The molecule has 2 rings (SSSR count). The van der Waals surface area contributed by atoms with Crippen LogP contribution >= 0.6 is 24.0 Å². The van der Waals surface area contributed by atoms with Crippen molar-refractivity contribution in [3.05, 3.63) is 29.8 Å². The molecule has 3 N–H and O–H groups in total. The first kappa shape index (κ1) is 26.2. The van der Waals surface area contributed by atoms with Crippen LogP contribution in [-0.4, -0.2) is 49.4 Å². The summed E-state index contributed by atoms with van der Waals surface area (Å²) in [5.41, 5.74) is 1.88. The van der Waals surface area contributed by atoms with Crippen LogP contribution in [0, 0.1) is 5.92 Å². The minimum atomic E-state index is 0. The Morgan fingerprint density at radius 3 is 2.53 bits per heavy atom. The third-order valence-corrected chi connectivity index (χ3v) is 5.10. The highest BCUT2D eigenvalue weighted by molar-refractivity contribution is 14.0. The number of hydrogen-bond donors (Lipinski definition) is 3. The second-order valence-corrected chi connectivity index (χ2v) is 7.48. The molecule has 1 saturated heterocycles. The van der Waals surface area contributed by atoms with Crippen molar-refractivity contribution in [3.63, 3.8) is 0 Å². The number of nitrogens with one attached hydrogen (secondary N) is 3. The third kappa shape index (κ3) is 8.89. The van der Waals surface area contributed by atoms with Crippen molar-refractivity contribution in [1.29, 1.82) is 0 Å². The van der Waals surface area contributed by atoms with Gasteiger partial charge in [-0.25, -0.2) is 4.99 Å². The molecule has 0 radical (unpaired) electrons. The Balaban J connectivity index is 0.00000450. The van der Waals surface area contributed by atoms with Crippen LogP contribution in [0.25, 0.3) is 0 Å². The molecule has 0 aromatic heterocycles. The summed E-state index contributed by atoms with van der Waals surface area (Å²) in [5.74, 6) is 1.51. The van der Waals surface area contributed by atoms with Crippen molar-refractivity contribution in [3.8, 4) is 0 Å². The molecular formula is C22H36IN5O2. The van der Waals surface area contributed by atoms with Crippen molar-refractivity contribution < 1.29 is 9.59 Å². The molecule has 8 heteroatoms. The molecule has 0 bridgehead atoms. The monoisotopic (exact) mass is 529 g/mol. The van der Waals surface area contributed by atoms with Crippen LogP contribution < -0.4 is 16.0 Å². The average Bonchev–Trinajstić information content (AvgIpc) is 2.72. The number of carbonyl (C=O) groups excluding carboxylic acids is 2. The zero-order valence-electron chi connectivity index (χ0n) is 18.4. The van der Waals surface area contributed by atoms with Crippen LogP contribution in [0.15, 0.2) is 29.3 Å². The summed E-state index contributed by atoms with van der Waals surface area (Å²) in [6.45, 7) is 7.23. The van der Waals surface area contributed by atoms with E-state index in [0.29, 0.717) is 25.3 Å². The van der Waals surface area contributed by atoms with Crippen molar-refractivity contribution >= 4 is 47.4 Å². The molecule has 1 aliphatic rings. The van der Waals surface area contributed by atoms with Crippen molar-refractivity contribution in [2.45, 2.75) is 52.5 Å². The van der Waals surface area contributed by atoms with Gasteiger partial charge < -0.3 is 20.9 Å². The van der Waals surface area contributed by atoms with E-state index in [1.165, 1.54) is 0 Å². The summed E-state index contributed by atoms with van der Waals surface area (Å²) in [6, 6.07) is 7.86. The first-order chi connectivity index (χ1) is 14.0. The fourth-order valence-corrected chi connectivity index (χ4v) is 3.50. The maximum Gasteiger partial charge on any atom is 0.224 e. The first-order valence-corrected chi connectivity index (χ1v) is 10.7. The lowest BCUT2D eigenvalue weighted by molar-refractivity contribution is -0.121. The molecule has 1 heterocycles. The van der Waals surface area contributed by atoms with E-state index in [2.05, 4.69) is 27.8 Å². The van der Waals surface area contributed by atoms with Gasteiger partial charge in [0.05, 0.1) is 6.54 Å². The van der Waals surface area contributed by atoms with Crippen molar-refractivity contribution in [2.24, 2.45) is 10.9 Å². The Morgan fingerprint density at radius 1 is 1.17 bits per heavy atom. The number of amides is 2. The number of likely N-dealkylation sites (tertiary alicyclic amines) is 1. The highest BCUT2D eigenvalue weighted by atomic mass is 127. The molecule has 7 nitrogen and oxygen atoms in total. The van der Waals surface area contributed by atoms with E-state index < -0.39 is 0 Å². The molecule has 0 atom stereocenters. The standard InChI is InChI=1S/C22H35N5O2.HI/c1-4-7-20(28)26-19-9-6-8-18(14-19)16-25-22(24-5-2)27-12-10-17(11-13-27)15-21(29)23-3;/h6,8-9,14,17H,4-5,7,10-13,15-16H2,1-3H3,(H,23,29)(H,24,25)(H,26,28);1H. The number of guanidine groups is 1. The Bertz CT molecular complexity index is 703. The van der Waals surface area contributed by atoms with Gasteiger partial charge in [0.15, 0.2) is 5.96 Å². The molecular weight excluding hydrogens is 493 g/mol. The first-order valence-electron chi connectivity index (χ1n) is 10.7. The van der Waals surface area contributed by atoms with Crippen molar-refractivity contribution in [2.75, 3.05) is 32.0 Å². The zero-order chi connectivity index (χ0) is 21.1. The predicted molar refractivity (Wildman–Crippen MR) is 133 cm³/mol. The van der Waals surface area contributed by atoms with E-state index in [-0.39, 0.29) is 35.8 Å². The SMILES string of the molecule is CCCC(=O)Nc1cccc(CN=C(NCC)N2CCC(CC(=O)NC)CC2)c1.I. The summed E-state index contributed by atoms with van der Waals surface area (Å²) in [7, 11) is 1.69. The van der Waals surface area contributed by atoms with Crippen LogP contribution in [-0.2, 0) is 16.1 Å². The molecule has 1 aromatic rings. The van der Waals surface area contributed by atoms with Crippen LogP contribution in [0.5, 0.6) is 0 Å². The minimum absolute atomic E-state index is 0. The lowest BCUT2D eigenvalue weighted by Gasteiger charge is -2.34. The summed E-state index contributed by atoms with van der Waals surface area (Å²) >= 11 is 0. The van der Waals surface area contributed by atoms with E-state index in [1.807, 2.05) is 31.2 Å². The second-order valence-electron chi connectivity index (χ2n) is 7.48. The highest BCUT2D eigenvalue weighted by Gasteiger charge is 2.23. The van der Waals surface area contributed by atoms with Gasteiger partial charge >= 0.3 is 0 Å². The minimum Gasteiger partial charge on any atom is -0.359 e. The number of piperidine rings is 1. The highest BCUT2D eigenvalue weighted by Crippen LogP contribution is 2.21. The van der Waals surface area contributed by atoms with Crippen LogP contribution in [0.4, 0.5) is 5.69 Å². The van der Waals surface area contributed by atoms with E-state index in [9.17, 15) is 9.59 Å². The van der Waals surface area contributed by atoms with Gasteiger partial charge in [-0.05, 0) is 49.8 Å². The summed E-state index contributed by atoms with van der Waals surface area (Å²) in [5, 5.41) is 9.03. The van der Waals surface area contributed by atoms with Gasteiger partial charge in [-0.2, -0.15) is 0 Å². The fraction of sp³-hybridized carbons (Fsp3) is 0.591. The Hall–Kier alpha value is -1.84. The Kier molecular flexibility index (Phi) is 12.4. The molecule has 1 aromatic carbocycles. The fourth-order valence-electron chi connectivity index (χ4n) is 3.50. The summed E-state index contributed by atoms with van der Waals surface area (Å²) < 4.78 is 0. The lowest BCUT2D eigenvalue weighted by Crippen LogP contribution is -2.46. The molecule has 30 heavy (non-hydrogen) atoms. The van der Waals surface area contributed by atoms with Gasteiger partial charge in [-0.15, -0.1) is 24.0 Å². The molecule has 0 spiro atoms. The largest absolute Gasteiger partial charge is 0.359 e. The average molecular weight is 529 g/mol. The van der Waals surface area contributed by atoms with Crippen molar-refractivity contribution in [1.82, 2.24) is 15.5 Å². The van der Waals surface area contributed by atoms with Gasteiger partial charge in [0, 0.05) is 45.2 Å². The normalized spacial score (nSPS) is 14.6. The molecule has 0 unspecified atom stereocenters. The number of benzene rings is 1. The zero-order valence-corrected chi connectivity index (χ0v) is 20.7. The quantitative estimate of drug-likeness (QED) is 0.274. The number of aliphatic imine (C=N–C) groups is 1. The van der Waals surface area contributed by atoms with Gasteiger partial charge in [-0.1, -0.05) is 19.1 Å². The number of nitrogens with zero attached hydrogens (tertiary/aromatic N) is 2. The topological polar surface area (TPSA) is 85.8 Å². The molecule has 0 saturated carbocycles. The smallest absolute Gasteiger partial charge is 0.224 e. The summed E-state index contributed by atoms with van der Waals surface area (Å²) in [4.78, 5) is 30.5. The molecule has 0 aliphatic carbocycles. The van der Waals surface area contributed by atoms with E-state index >= 15 is 0 Å². The Labute approximate surface area is 197 Å². The van der Waals surface area contributed by atoms with Crippen LogP contribution in [0.1, 0.15) is 51.5 Å². The maximum atomic E-state index is 11.8. The number of carbonyl (C=O) groups is 2.